The molecule has 0 atom stereocenters. The number of anilines is 2. The van der Waals surface area contributed by atoms with Crippen molar-refractivity contribution in [3.05, 3.63) is 71.2 Å². The zero-order valence-electron chi connectivity index (χ0n) is 15.7. The van der Waals surface area contributed by atoms with E-state index >= 15 is 0 Å². The lowest BCUT2D eigenvalue weighted by Gasteiger charge is -2.30. The molecule has 29 heavy (non-hydrogen) atoms. The van der Waals surface area contributed by atoms with E-state index in [2.05, 4.69) is 15.5 Å². The molecule has 5 nitrogen and oxygen atoms in total. The summed E-state index contributed by atoms with van der Waals surface area (Å²) >= 11 is 11.6. The van der Waals surface area contributed by atoms with Gasteiger partial charge < -0.3 is 15.0 Å². The Bertz CT molecular complexity index is 1070. The van der Waals surface area contributed by atoms with Gasteiger partial charge in [0.15, 0.2) is 5.11 Å². The number of fused-ring (bicyclic) bond motifs is 1. The van der Waals surface area contributed by atoms with Gasteiger partial charge >= 0.3 is 0 Å². The highest BCUT2D eigenvalue weighted by molar-refractivity contribution is 7.80. The number of nitrogens with zero attached hydrogens (tertiary/aromatic N) is 1. The highest BCUT2D eigenvalue weighted by Gasteiger charge is 2.17. The molecule has 1 aliphatic rings. The Balaban J connectivity index is 1.48. The third-order valence-electron chi connectivity index (χ3n) is 4.80. The Kier molecular flexibility index (Phi) is 5.94. The Morgan fingerprint density at radius 3 is 2.55 bits per heavy atom. The van der Waals surface area contributed by atoms with Gasteiger partial charge in [0, 0.05) is 23.7 Å². The first kappa shape index (κ1) is 19.6. The average molecular weight is 426 g/mol. The molecule has 4 rings (SSSR count). The number of hydrogen-bond donors (Lipinski definition) is 2. The zero-order valence-corrected chi connectivity index (χ0v) is 17.2. The summed E-state index contributed by atoms with van der Waals surface area (Å²) in [6, 6.07) is 19.1. The van der Waals surface area contributed by atoms with Crippen molar-refractivity contribution < 1.29 is 9.53 Å². The monoisotopic (exact) mass is 425 g/mol. The van der Waals surface area contributed by atoms with Gasteiger partial charge in [-0.15, -0.1) is 0 Å². The number of nitrogens with one attached hydrogen (secondary N) is 2. The topological polar surface area (TPSA) is 53.6 Å². The van der Waals surface area contributed by atoms with Gasteiger partial charge in [-0.2, -0.15) is 0 Å². The van der Waals surface area contributed by atoms with Crippen molar-refractivity contribution in [2.45, 2.75) is 0 Å². The third kappa shape index (κ3) is 4.67. The van der Waals surface area contributed by atoms with Crippen molar-refractivity contribution in [2.75, 3.05) is 36.5 Å². The molecule has 1 heterocycles. The van der Waals surface area contributed by atoms with Crippen LogP contribution in [-0.2, 0) is 4.74 Å². The number of benzene rings is 3. The quantitative estimate of drug-likeness (QED) is 0.607. The van der Waals surface area contributed by atoms with Crippen LogP contribution in [0.3, 0.4) is 0 Å². The fourth-order valence-electron chi connectivity index (χ4n) is 3.35. The van der Waals surface area contributed by atoms with Crippen LogP contribution >= 0.6 is 23.8 Å². The number of amides is 1. The molecule has 1 fully saturated rings. The molecular weight excluding hydrogens is 406 g/mol. The summed E-state index contributed by atoms with van der Waals surface area (Å²) in [5, 5.41) is 8.77. The first-order valence-electron chi connectivity index (χ1n) is 9.33. The largest absolute Gasteiger partial charge is 0.378 e. The lowest BCUT2D eigenvalue weighted by atomic mass is 10.1. The second-order valence-corrected chi connectivity index (χ2v) is 7.58. The van der Waals surface area contributed by atoms with Gasteiger partial charge in [0.2, 0.25) is 0 Å². The van der Waals surface area contributed by atoms with E-state index in [1.165, 1.54) is 0 Å². The molecule has 3 aromatic carbocycles. The number of hydrogen-bond acceptors (Lipinski definition) is 4. The van der Waals surface area contributed by atoms with E-state index in [1.54, 1.807) is 12.1 Å². The van der Waals surface area contributed by atoms with Gasteiger partial charge in [-0.1, -0.05) is 41.9 Å². The maximum absolute atomic E-state index is 12.7. The molecule has 0 aromatic heterocycles. The molecule has 2 N–H and O–H groups in total. The number of morpholine rings is 1. The van der Waals surface area contributed by atoms with Crippen LogP contribution in [0.25, 0.3) is 10.8 Å². The molecule has 0 bridgehead atoms. The fourth-order valence-corrected chi connectivity index (χ4v) is 3.72. The highest BCUT2D eigenvalue weighted by Crippen LogP contribution is 2.30. The van der Waals surface area contributed by atoms with Crippen LogP contribution in [0.15, 0.2) is 60.7 Å². The van der Waals surface area contributed by atoms with E-state index in [1.807, 2.05) is 48.5 Å². The van der Waals surface area contributed by atoms with Crippen molar-refractivity contribution in [1.82, 2.24) is 5.32 Å². The van der Waals surface area contributed by atoms with Crippen LogP contribution < -0.4 is 15.5 Å². The molecule has 0 aliphatic carbocycles. The minimum absolute atomic E-state index is 0.222. The normalized spacial score (nSPS) is 13.9. The van der Waals surface area contributed by atoms with Crippen molar-refractivity contribution in [3.63, 3.8) is 0 Å². The SMILES string of the molecule is O=C(NC(=S)Nc1cc(Cl)ccc1N1CCOCC1)c1ccc2ccccc2c1. The standard InChI is InChI=1S/C22H20ClN3O2S/c23-18-7-8-20(26-9-11-28-12-10-26)19(14-18)24-22(29)25-21(27)17-6-5-15-3-1-2-4-16(15)13-17/h1-8,13-14H,9-12H2,(H2,24,25,27,29). The molecular formula is C22H20ClN3O2S. The van der Waals surface area contributed by atoms with Gasteiger partial charge in [0.25, 0.3) is 5.91 Å². The predicted molar refractivity (Wildman–Crippen MR) is 122 cm³/mol. The molecule has 0 radical (unpaired) electrons. The summed E-state index contributed by atoms with van der Waals surface area (Å²) in [6.07, 6.45) is 0. The summed E-state index contributed by atoms with van der Waals surface area (Å²) in [5.41, 5.74) is 2.27. The van der Waals surface area contributed by atoms with Gasteiger partial charge in [0.1, 0.15) is 0 Å². The van der Waals surface area contributed by atoms with Gasteiger partial charge in [-0.05, 0) is 53.3 Å². The molecule has 7 heteroatoms. The molecule has 1 saturated heterocycles. The minimum Gasteiger partial charge on any atom is -0.378 e. The third-order valence-corrected chi connectivity index (χ3v) is 5.24. The lowest BCUT2D eigenvalue weighted by molar-refractivity contribution is 0.0978. The molecule has 1 amide bonds. The Morgan fingerprint density at radius 1 is 1.00 bits per heavy atom. The summed E-state index contributed by atoms with van der Waals surface area (Å²) in [4.78, 5) is 14.9. The molecule has 148 valence electrons. The first-order valence-corrected chi connectivity index (χ1v) is 10.1. The Labute approximate surface area is 179 Å². The number of ether oxygens (including phenoxy) is 1. The van der Waals surface area contributed by atoms with E-state index in [0.29, 0.717) is 23.8 Å². The summed E-state index contributed by atoms with van der Waals surface area (Å²) in [7, 11) is 0. The zero-order chi connectivity index (χ0) is 20.2. The first-order chi connectivity index (χ1) is 14.1. The van der Waals surface area contributed by atoms with Crippen LogP contribution in [0.4, 0.5) is 11.4 Å². The van der Waals surface area contributed by atoms with E-state index in [9.17, 15) is 4.79 Å². The van der Waals surface area contributed by atoms with Crippen LogP contribution in [0.2, 0.25) is 5.02 Å². The number of carbonyl (C=O) groups excluding carboxylic acids is 1. The van der Waals surface area contributed by atoms with Crippen LogP contribution in [0, 0.1) is 0 Å². The Morgan fingerprint density at radius 2 is 1.76 bits per heavy atom. The second kappa shape index (κ2) is 8.78. The molecule has 1 aliphatic heterocycles. The molecule has 0 spiro atoms. The van der Waals surface area contributed by atoms with E-state index in [4.69, 9.17) is 28.6 Å². The highest BCUT2D eigenvalue weighted by atomic mass is 35.5. The van der Waals surface area contributed by atoms with Crippen LogP contribution in [0.1, 0.15) is 10.4 Å². The van der Waals surface area contributed by atoms with Crippen molar-refractivity contribution in [2.24, 2.45) is 0 Å². The fraction of sp³-hybridized carbons (Fsp3) is 0.182. The summed E-state index contributed by atoms with van der Waals surface area (Å²) < 4.78 is 5.43. The molecule has 0 unspecified atom stereocenters. The second-order valence-electron chi connectivity index (χ2n) is 6.73. The summed E-state index contributed by atoms with van der Waals surface area (Å²) in [5.74, 6) is -0.261. The smallest absolute Gasteiger partial charge is 0.257 e. The van der Waals surface area contributed by atoms with Crippen molar-refractivity contribution in [3.8, 4) is 0 Å². The number of halogens is 1. The predicted octanol–water partition coefficient (Wildman–Crippen LogP) is 4.46. The number of carbonyl (C=O) groups is 1. The van der Waals surface area contributed by atoms with Gasteiger partial charge in [0.05, 0.1) is 24.6 Å². The van der Waals surface area contributed by atoms with Crippen molar-refractivity contribution in [1.29, 1.82) is 0 Å². The van der Waals surface area contributed by atoms with Gasteiger partial charge in [-0.3, -0.25) is 10.1 Å². The van der Waals surface area contributed by atoms with Gasteiger partial charge in [-0.25, -0.2) is 0 Å². The van der Waals surface area contributed by atoms with Crippen LogP contribution in [-0.4, -0.2) is 37.3 Å². The molecule has 0 saturated carbocycles. The number of rotatable bonds is 3. The van der Waals surface area contributed by atoms with E-state index < -0.39 is 0 Å². The average Bonchev–Trinajstić information content (AvgIpc) is 2.74. The Hall–Kier alpha value is -2.67. The maximum atomic E-state index is 12.7. The maximum Gasteiger partial charge on any atom is 0.257 e. The minimum atomic E-state index is -0.261. The molecule has 3 aromatic rings. The number of thiocarbonyl (C=S) groups is 1. The van der Waals surface area contributed by atoms with Crippen LogP contribution in [0.5, 0.6) is 0 Å². The summed E-state index contributed by atoms with van der Waals surface area (Å²) in [6.45, 7) is 2.91. The lowest BCUT2D eigenvalue weighted by Crippen LogP contribution is -2.38. The van der Waals surface area contributed by atoms with Crippen molar-refractivity contribution >= 4 is 57.0 Å². The van der Waals surface area contributed by atoms with E-state index in [0.717, 1.165) is 35.2 Å². The van der Waals surface area contributed by atoms with E-state index in [-0.39, 0.29) is 11.0 Å².